The molecular formula is C12H20N2O. The van der Waals surface area contributed by atoms with E-state index < -0.39 is 0 Å². The molecule has 84 valence electrons. The second kappa shape index (κ2) is 4.62. The molecule has 0 spiro atoms. The normalized spacial score (nSPS) is 11.1. The van der Waals surface area contributed by atoms with Crippen LogP contribution in [0.1, 0.15) is 30.7 Å². The van der Waals surface area contributed by atoms with Crippen LogP contribution in [0.4, 0.5) is 0 Å². The van der Waals surface area contributed by atoms with Crippen molar-refractivity contribution in [3.8, 4) is 0 Å². The Morgan fingerprint density at radius 1 is 1.40 bits per heavy atom. The van der Waals surface area contributed by atoms with Crippen molar-refractivity contribution < 1.29 is 0 Å². The minimum atomic E-state index is 0.0729. The highest BCUT2D eigenvalue weighted by molar-refractivity contribution is 5.26. The zero-order valence-corrected chi connectivity index (χ0v) is 10.0. The number of aryl methyl sites for hydroxylation is 2. The van der Waals surface area contributed by atoms with Crippen molar-refractivity contribution >= 4 is 0 Å². The summed E-state index contributed by atoms with van der Waals surface area (Å²) < 4.78 is 1.82. The molecule has 0 radical (unpaired) electrons. The maximum atomic E-state index is 12.1. The molecule has 1 heterocycles. The van der Waals surface area contributed by atoms with Gasteiger partial charge in [0.25, 0.3) is 5.56 Å². The lowest BCUT2D eigenvalue weighted by molar-refractivity contribution is 0.499. The topological polar surface area (TPSA) is 48.0 Å². The van der Waals surface area contributed by atoms with Crippen molar-refractivity contribution in [3.05, 3.63) is 33.2 Å². The third kappa shape index (κ3) is 2.48. The number of pyridine rings is 1. The monoisotopic (exact) mass is 208 g/mol. The van der Waals surface area contributed by atoms with E-state index in [0.717, 1.165) is 23.4 Å². The summed E-state index contributed by atoms with van der Waals surface area (Å²) in [6, 6.07) is 2.03. The number of hydrogen-bond donors (Lipinski definition) is 1. The molecule has 0 amide bonds. The molecule has 0 bridgehead atoms. The van der Waals surface area contributed by atoms with Crippen molar-refractivity contribution in [3.63, 3.8) is 0 Å². The van der Waals surface area contributed by atoms with Crippen LogP contribution in [-0.4, -0.2) is 4.57 Å². The largest absolute Gasteiger partial charge is 0.326 e. The molecule has 3 nitrogen and oxygen atoms in total. The molecule has 0 saturated carbocycles. The summed E-state index contributed by atoms with van der Waals surface area (Å²) in [5, 5.41) is 0. The highest BCUT2D eigenvalue weighted by Gasteiger charge is 2.09. The van der Waals surface area contributed by atoms with Gasteiger partial charge in [-0.3, -0.25) is 4.79 Å². The minimum Gasteiger partial charge on any atom is -0.326 e. The van der Waals surface area contributed by atoms with Gasteiger partial charge in [0.15, 0.2) is 0 Å². The van der Waals surface area contributed by atoms with E-state index in [1.54, 1.807) is 0 Å². The Hall–Kier alpha value is -1.09. The summed E-state index contributed by atoms with van der Waals surface area (Å²) in [5.74, 6) is 0.467. The smallest absolute Gasteiger partial charge is 0.255 e. The first-order valence-corrected chi connectivity index (χ1v) is 5.37. The maximum absolute atomic E-state index is 12.1. The fourth-order valence-corrected chi connectivity index (χ4v) is 1.81. The van der Waals surface area contributed by atoms with E-state index in [1.807, 2.05) is 24.5 Å². The number of nitrogens with zero attached hydrogens (tertiary/aromatic N) is 1. The van der Waals surface area contributed by atoms with Crippen LogP contribution < -0.4 is 11.3 Å². The minimum absolute atomic E-state index is 0.0729. The highest BCUT2D eigenvalue weighted by Crippen LogP contribution is 2.07. The summed E-state index contributed by atoms with van der Waals surface area (Å²) in [6.07, 6.45) is 0. The van der Waals surface area contributed by atoms with Crippen LogP contribution in [-0.2, 0) is 13.1 Å². The van der Waals surface area contributed by atoms with Crippen molar-refractivity contribution in [2.24, 2.45) is 11.7 Å². The van der Waals surface area contributed by atoms with E-state index in [4.69, 9.17) is 5.73 Å². The first kappa shape index (κ1) is 12.0. The summed E-state index contributed by atoms with van der Waals surface area (Å²) in [6.45, 7) is 9.20. The van der Waals surface area contributed by atoms with Crippen molar-refractivity contribution in [1.29, 1.82) is 0 Å². The van der Waals surface area contributed by atoms with Crippen LogP contribution in [0.3, 0.4) is 0 Å². The standard InChI is InChI=1S/C12H20N2O/c1-8(2)7-14-10(4)5-9(3)11(6-13)12(14)15/h5,8H,6-7,13H2,1-4H3. The molecule has 0 aliphatic heterocycles. The average Bonchev–Trinajstić information content (AvgIpc) is 2.12. The van der Waals surface area contributed by atoms with Crippen molar-refractivity contribution in [2.75, 3.05) is 0 Å². The fourth-order valence-electron chi connectivity index (χ4n) is 1.81. The van der Waals surface area contributed by atoms with E-state index in [1.165, 1.54) is 0 Å². The zero-order chi connectivity index (χ0) is 11.6. The highest BCUT2D eigenvalue weighted by atomic mass is 16.1. The molecule has 1 aromatic heterocycles. The molecule has 0 fully saturated rings. The summed E-state index contributed by atoms with van der Waals surface area (Å²) >= 11 is 0. The molecule has 0 saturated heterocycles. The molecule has 1 rings (SSSR count). The SMILES string of the molecule is Cc1cc(C)n(CC(C)C)c(=O)c1CN. The predicted molar refractivity (Wildman–Crippen MR) is 62.9 cm³/mol. The van der Waals surface area contributed by atoms with E-state index in [0.29, 0.717) is 12.5 Å². The molecule has 0 aliphatic carbocycles. The molecule has 15 heavy (non-hydrogen) atoms. The Bertz CT molecular complexity index is 405. The Morgan fingerprint density at radius 2 is 2.00 bits per heavy atom. The molecule has 0 aromatic carbocycles. The third-order valence-electron chi connectivity index (χ3n) is 2.58. The van der Waals surface area contributed by atoms with Crippen LogP contribution in [0, 0.1) is 19.8 Å². The van der Waals surface area contributed by atoms with E-state index in [9.17, 15) is 4.79 Å². The van der Waals surface area contributed by atoms with Gasteiger partial charge >= 0.3 is 0 Å². The zero-order valence-electron chi connectivity index (χ0n) is 10.0. The second-order valence-electron chi connectivity index (χ2n) is 4.46. The van der Waals surface area contributed by atoms with Gasteiger partial charge in [-0.15, -0.1) is 0 Å². The Morgan fingerprint density at radius 3 is 2.47 bits per heavy atom. The Labute approximate surface area is 90.9 Å². The van der Waals surface area contributed by atoms with Crippen LogP contribution in [0.5, 0.6) is 0 Å². The van der Waals surface area contributed by atoms with Gasteiger partial charge in [0.05, 0.1) is 0 Å². The number of nitrogens with two attached hydrogens (primary N) is 1. The lowest BCUT2D eigenvalue weighted by Gasteiger charge is -2.15. The molecule has 0 atom stereocenters. The van der Waals surface area contributed by atoms with Gasteiger partial charge < -0.3 is 10.3 Å². The molecular weight excluding hydrogens is 188 g/mol. The van der Waals surface area contributed by atoms with Crippen LogP contribution in [0.25, 0.3) is 0 Å². The van der Waals surface area contributed by atoms with Crippen LogP contribution in [0.15, 0.2) is 10.9 Å². The van der Waals surface area contributed by atoms with Crippen molar-refractivity contribution in [2.45, 2.75) is 40.8 Å². The van der Waals surface area contributed by atoms with Gasteiger partial charge in [0.2, 0.25) is 0 Å². The van der Waals surface area contributed by atoms with Gasteiger partial charge in [0, 0.05) is 24.3 Å². The second-order valence-corrected chi connectivity index (χ2v) is 4.46. The molecule has 0 unspecified atom stereocenters. The number of rotatable bonds is 3. The van der Waals surface area contributed by atoms with Crippen LogP contribution >= 0.6 is 0 Å². The van der Waals surface area contributed by atoms with E-state index in [2.05, 4.69) is 13.8 Å². The van der Waals surface area contributed by atoms with E-state index >= 15 is 0 Å². The number of hydrogen-bond acceptors (Lipinski definition) is 2. The van der Waals surface area contributed by atoms with E-state index in [-0.39, 0.29) is 5.56 Å². The molecule has 0 aliphatic rings. The first-order chi connectivity index (χ1) is 6.97. The summed E-state index contributed by atoms with van der Waals surface area (Å²) in [4.78, 5) is 12.1. The van der Waals surface area contributed by atoms with Gasteiger partial charge in [0.1, 0.15) is 0 Å². The molecule has 3 heteroatoms. The van der Waals surface area contributed by atoms with Gasteiger partial charge in [-0.2, -0.15) is 0 Å². The first-order valence-electron chi connectivity index (χ1n) is 5.37. The fraction of sp³-hybridized carbons (Fsp3) is 0.583. The molecule has 2 N–H and O–H groups in total. The third-order valence-corrected chi connectivity index (χ3v) is 2.58. The maximum Gasteiger partial charge on any atom is 0.255 e. The Balaban J connectivity index is 3.33. The van der Waals surface area contributed by atoms with Crippen molar-refractivity contribution in [1.82, 2.24) is 4.57 Å². The van der Waals surface area contributed by atoms with Gasteiger partial charge in [-0.05, 0) is 31.4 Å². The summed E-state index contributed by atoms with van der Waals surface area (Å²) in [5.41, 5.74) is 8.42. The summed E-state index contributed by atoms with van der Waals surface area (Å²) in [7, 11) is 0. The molecule has 1 aromatic rings. The van der Waals surface area contributed by atoms with Gasteiger partial charge in [-0.1, -0.05) is 13.8 Å². The average molecular weight is 208 g/mol. The predicted octanol–water partition coefficient (Wildman–Crippen LogP) is 1.58. The lowest BCUT2D eigenvalue weighted by atomic mass is 10.1. The number of aromatic nitrogens is 1. The quantitative estimate of drug-likeness (QED) is 0.819. The van der Waals surface area contributed by atoms with Gasteiger partial charge in [-0.25, -0.2) is 0 Å². The Kier molecular flexibility index (Phi) is 3.69. The van der Waals surface area contributed by atoms with Crippen LogP contribution in [0.2, 0.25) is 0 Å². The lowest BCUT2D eigenvalue weighted by Crippen LogP contribution is -2.29.